The number of ether oxygens (including phenoxy) is 3. The lowest BCUT2D eigenvalue weighted by molar-refractivity contribution is 0.103. The molecule has 6 heteroatoms. The Morgan fingerprint density at radius 2 is 2.04 bits per heavy atom. The van der Waals surface area contributed by atoms with Crippen LogP contribution < -0.4 is 24.8 Å². The Kier molecular flexibility index (Phi) is 5.26. The standard InChI is InChI=1S/C21H24N2O4/c1-5-13(19(24)14-6-8-17(23(2)3)16(22)11-14)10-15-7-9-18-21(20(15)25-4)27-12-26-18/h6-11H,5,12,22H2,1-4H3. The number of benzene rings is 2. The van der Waals surface area contributed by atoms with E-state index in [0.29, 0.717) is 40.5 Å². The van der Waals surface area contributed by atoms with E-state index < -0.39 is 0 Å². The van der Waals surface area contributed by atoms with Crippen molar-refractivity contribution in [3.8, 4) is 17.2 Å². The van der Waals surface area contributed by atoms with Crippen LogP contribution in [0.25, 0.3) is 6.08 Å². The molecule has 27 heavy (non-hydrogen) atoms. The number of rotatable bonds is 6. The van der Waals surface area contributed by atoms with Crippen LogP contribution in [0.5, 0.6) is 17.2 Å². The largest absolute Gasteiger partial charge is 0.492 e. The summed E-state index contributed by atoms with van der Waals surface area (Å²) < 4.78 is 16.4. The third-order valence-corrected chi connectivity index (χ3v) is 4.50. The van der Waals surface area contributed by atoms with Gasteiger partial charge in [0.1, 0.15) is 0 Å². The molecule has 0 aliphatic carbocycles. The highest BCUT2D eigenvalue weighted by atomic mass is 16.7. The SMILES string of the molecule is CCC(=Cc1ccc2c(c1OC)OCO2)C(=O)c1ccc(N(C)C)c(N)c1. The molecular formula is C21H24N2O4. The first-order valence-electron chi connectivity index (χ1n) is 8.75. The van der Waals surface area contributed by atoms with E-state index in [2.05, 4.69) is 0 Å². The first-order chi connectivity index (χ1) is 13.0. The van der Waals surface area contributed by atoms with Gasteiger partial charge in [-0.3, -0.25) is 4.79 Å². The average molecular weight is 368 g/mol. The highest BCUT2D eigenvalue weighted by molar-refractivity contribution is 6.12. The molecule has 1 aliphatic rings. The van der Waals surface area contributed by atoms with E-state index in [4.69, 9.17) is 19.9 Å². The van der Waals surface area contributed by atoms with Gasteiger partial charge in [0.2, 0.25) is 12.5 Å². The molecule has 0 amide bonds. The fraction of sp³-hybridized carbons (Fsp3) is 0.286. The monoisotopic (exact) mass is 368 g/mol. The molecule has 2 aromatic rings. The number of nitrogens with zero attached hydrogens (tertiary/aromatic N) is 1. The van der Waals surface area contributed by atoms with Crippen molar-refractivity contribution in [3.63, 3.8) is 0 Å². The number of ketones is 1. The van der Waals surface area contributed by atoms with E-state index in [0.717, 1.165) is 11.3 Å². The minimum atomic E-state index is -0.0609. The Hall–Kier alpha value is -3.15. The summed E-state index contributed by atoms with van der Waals surface area (Å²) in [6.07, 6.45) is 2.41. The highest BCUT2D eigenvalue weighted by Crippen LogP contribution is 2.44. The maximum Gasteiger partial charge on any atom is 0.231 e. The van der Waals surface area contributed by atoms with E-state index in [1.807, 2.05) is 50.2 Å². The van der Waals surface area contributed by atoms with Crippen LogP contribution in [0.4, 0.5) is 11.4 Å². The highest BCUT2D eigenvalue weighted by Gasteiger charge is 2.22. The van der Waals surface area contributed by atoms with Crippen LogP contribution in [0.1, 0.15) is 29.3 Å². The van der Waals surface area contributed by atoms with E-state index in [1.54, 1.807) is 19.2 Å². The Balaban J connectivity index is 1.98. The number of hydrogen-bond donors (Lipinski definition) is 1. The lowest BCUT2D eigenvalue weighted by atomic mass is 9.97. The number of nitrogens with two attached hydrogens (primary N) is 1. The van der Waals surface area contributed by atoms with Gasteiger partial charge in [-0.1, -0.05) is 6.92 Å². The fourth-order valence-electron chi connectivity index (χ4n) is 3.09. The van der Waals surface area contributed by atoms with Crippen molar-refractivity contribution in [1.29, 1.82) is 0 Å². The number of nitrogen functional groups attached to an aromatic ring is 1. The topological polar surface area (TPSA) is 74.0 Å². The van der Waals surface area contributed by atoms with Crippen LogP contribution in [0.3, 0.4) is 0 Å². The molecule has 0 unspecified atom stereocenters. The van der Waals surface area contributed by atoms with Gasteiger partial charge in [0, 0.05) is 30.8 Å². The summed E-state index contributed by atoms with van der Waals surface area (Å²) in [7, 11) is 5.40. The number of anilines is 2. The Labute approximate surface area is 159 Å². The summed E-state index contributed by atoms with van der Waals surface area (Å²) in [6.45, 7) is 2.11. The summed E-state index contributed by atoms with van der Waals surface area (Å²) >= 11 is 0. The molecule has 0 saturated heterocycles. The van der Waals surface area contributed by atoms with Gasteiger partial charge in [0.05, 0.1) is 18.5 Å². The van der Waals surface area contributed by atoms with Crippen LogP contribution in [0.2, 0.25) is 0 Å². The number of methoxy groups -OCH3 is 1. The molecule has 0 bridgehead atoms. The van der Waals surface area contributed by atoms with Crippen molar-refractivity contribution >= 4 is 23.2 Å². The molecule has 0 saturated carbocycles. The first kappa shape index (κ1) is 18.6. The molecule has 0 spiro atoms. The maximum absolute atomic E-state index is 13.0. The van der Waals surface area contributed by atoms with Gasteiger partial charge < -0.3 is 24.8 Å². The molecule has 2 aromatic carbocycles. The second-order valence-electron chi connectivity index (χ2n) is 6.44. The van der Waals surface area contributed by atoms with Crippen molar-refractivity contribution in [2.45, 2.75) is 13.3 Å². The average Bonchev–Trinajstić information content (AvgIpc) is 3.13. The van der Waals surface area contributed by atoms with E-state index >= 15 is 0 Å². The van der Waals surface area contributed by atoms with Gasteiger partial charge >= 0.3 is 0 Å². The van der Waals surface area contributed by atoms with Gasteiger partial charge in [0.15, 0.2) is 17.3 Å². The molecule has 0 radical (unpaired) electrons. The van der Waals surface area contributed by atoms with Crippen LogP contribution in [0, 0.1) is 0 Å². The molecule has 1 aliphatic heterocycles. The minimum Gasteiger partial charge on any atom is -0.492 e. The Morgan fingerprint density at radius 3 is 2.67 bits per heavy atom. The molecule has 2 N–H and O–H groups in total. The van der Waals surface area contributed by atoms with Gasteiger partial charge in [-0.25, -0.2) is 0 Å². The molecular weight excluding hydrogens is 344 g/mol. The number of allylic oxidation sites excluding steroid dienone is 1. The van der Waals surface area contributed by atoms with Crippen molar-refractivity contribution in [1.82, 2.24) is 0 Å². The zero-order chi connectivity index (χ0) is 19.6. The molecule has 6 nitrogen and oxygen atoms in total. The van der Waals surface area contributed by atoms with Crippen molar-refractivity contribution in [2.75, 3.05) is 38.6 Å². The molecule has 0 fully saturated rings. The van der Waals surface area contributed by atoms with Gasteiger partial charge in [-0.2, -0.15) is 0 Å². The predicted octanol–water partition coefficient (Wildman–Crippen LogP) is 3.75. The number of Topliss-reactive ketones (excluding diaryl/α,β-unsaturated/α-hetero) is 1. The maximum atomic E-state index is 13.0. The van der Waals surface area contributed by atoms with Crippen LogP contribution in [-0.2, 0) is 0 Å². The smallest absolute Gasteiger partial charge is 0.231 e. The summed E-state index contributed by atoms with van der Waals surface area (Å²) in [6, 6.07) is 9.06. The van der Waals surface area contributed by atoms with Gasteiger partial charge in [-0.15, -0.1) is 0 Å². The van der Waals surface area contributed by atoms with Crippen LogP contribution in [-0.4, -0.2) is 33.8 Å². The van der Waals surface area contributed by atoms with Crippen molar-refractivity contribution in [2.24, 2.45) is 0 Å². The molecule has 0 atom stereocenters. The Morgan fingerprint density at radius 1 is 1.26 bits per heavy atom. The molecule has 0 aromatic heterocycles. The van der Waals surface area contributed by atoms with Gasteiger partial charge in [0.25, 0.3) is 0 Å². The number of carbonyl (C=O) groups excluding carboxylic acids is 1. The third-order valence-electron chi connectivity index (χ3n) is 4.50. The molecule has 142 valence electrons. The minimum absolute atomic E-state index is 0.0609. The summed E-state index contributed by atoms with van der Waals surface area (Å²) in [4.78, 5) is 14.9. The second-order valence-corrected chi connectivity index (χ2v) is 6.44. The number of fused-ring (bicyclic) bond motifs is 1. The lowest BCUT2D eigenvalue weighted by Gasteiger charge is -2.16. The number of carbonyl (C=O) groups is 1. The fourth-order valence-corrected chi connectivity index (χ4v) is 3.09. The summed E-state index contributed by atoms with van der Waals surface area (Å²) in [5, 5.41) is 0. The molecule has 1 heterocycles. The Bertz CT molecular complexity index is 903. The lowest BCUT2D eigenvalue weighted by Crippen LogP contribution is -2.12. The quantitative estimate of drug-likeness (QED) is 0.476. The van der Waals surface area contributed by atoms with E-state index in [1.165, 1.54) is 0 Å². The number of hydrogen-bond acceptors (Lipinski definition) is 6. The van der Waals surface area contributed by atoms with Crippen molar-refractivity contribution < 1.29 is 19.0 Å². The van der Waals surface area contributed by atoms with E-state index in [9.17, 15) is 4.79 Å². The normalized spacial score (nSPS) is 12.8. The van der Waals surface area contributed by atoms with E-state index in [-0.39, 0.29) is 12.6 Å². The second kappa shape index (κ2) is 7.61. The zero-order valence-corrected chi connectivity index (χ0v) is 16.0. The predicted molar refractivity (Wildman–Crippen MR) is 107 cm³/mol. The third kappa shape index (κ3) is 3.56. The summed E-state index contributed by atoms with van der Waals surface area (Å²) in [5.74, 6) is 1.70. The molecule has 3 rings (SSSR count). The summed E-state index contributed by atoms with van der Waals surface area (Å²) in [5.41, 5.74) is 9.54. The van der Waals surface area contributed by atoms with Crippen molar-refractivity contribution in [3.05, 3.63) is 47.0 Å². The zero-order valence-electron chi connectivity index (χ0n) is 16.0. The van der Waals surface area contributed by atoms with Crippen LogP contribution >= 0.6 is 0 Å². The van der Waals surface area contributed by atoms with Gasteiger partial charge in [-0.05, 0) is 42.8 Å². The van der Waals surface area contributed by atoms with Crippen LogP contribution in [0.15, 0.2) is 35.9 Å². The first-order valence-corrected chi connectivity index (χ1v) is 8.75.